The second-order valence-corrected chi connectivity index (χ2v) is 12.5. The largest absolute Gasteiger partial charge is 0.462 e. The number of thiophene rings is 1. The summed E-state index contributed by atoms with van der Waals surface area (Å²) >= 11 is 0.961. The zero-order valence-corrected chi connectivity index (χ0v) is 25.6. The van der Waals surface area contributed by atoms with Crippen molar-refractivity contribution in [3.63, 3.8) is 0 Å². The Morgan fingerprint density at radius 3 is 2.73 bits per heavy atom. The van der Waals surface area contributed by atoms with Crippen molar-refractivity contribution < 1.29 is 18.3 Å². The van der Waals surface area contributed by atoms with Gasteiger partial charge in [0, 0.05) is 42.0 Å². The van der Waals surface area contributed by atoms with Crippen LogP contribution in [-0.4, -0.2) is 77.6 Å². The molecule has 9 nitrogen and oxygen atoms in total. The van der Waals surface area contributed by atoms with E-state index in [1.54, 1.807) is 17.0 Å². The third-order valence-corrected chi connectivity index (χ3v) is 10.1. The minimum Gasteiger partial charge on any atom is -0.462 e. The Morgan fingerprint density at radius 1 is 1.25 bits per heavy atom. The van der Waals surface area contributed by atoms with Crippen LogP contribution in [0.4, 0.5) is 19.6 Å². The number of carbonyl (C=O) groups is 1. The zero-order chi connectivity index (χ0) is 31.3. The van der Waals surface area contributed by atoms with E-state index in [1.165, 1.54) is 18.2 Å². The number of aromatic nitrogens is 2. The van der Waals surface area contributed by atoms with Crippen LogP contribution in [0.15, 0.2) is 36.9 Å². The third-order valence-electron chi connectivity index (χ3n) is 9.07. The molecule has 4 heterocycles. The smallest absolute Gasteiger partial charge is 0.319 e. The lowest BCUT2D eigenvalue weighted by atomic mass is 9.97. The van der Waals surface area contributed by atoms with Crippen molar-refractivity contribution in [3.05, 3.63) is 54.1 Å². The lowest BCUT2D eigenvalue weighted by Crippen LogP contribution is -2.43. The summed E-state index contributed by atoms with van der Waals surface area (Å²) in [5.74, 6) is -0.844. The van der Waals surface area contributed by atoms with E-state index in [2.05, 4.69) is 16.5 Å². The van der Waals surface area contributed by atoms with Gasteiger partial charge in [0.15, 0.2) is 5.82 Å². The molecule has 0 saturated carbocycles. The maximum Gasteiger partial charge on any atom is 0.319 e. The highest BCUT2D eigenvalue weighted by atomic mass is 32.1. The van der Waals surface area contributed by atoms with Gasteiger partial charge in [-0.25, -0.2) is 8.78 Å². The van der Waals surface area contributed by atoms with Crippen molar-refractivity contribution in [1.82, 2.24) is 19.8 Å². The Morgan fingerprint density at radius 2 is 2.02 bits per heavy atom. The highest BCUT2D eigenvalue weighted by Crippen LogP contribution is 2.43. The van der Waals surface area contributed by atoms with Gasteiger partial charge < -0.3 is 25.2 Å². The summed E-state index contributed by atoms with van der Waals surface area (Å²) in [7, 11) is 3.92. The van der Waals surface area contributed by atoms with Gasteiger partial charge >= 0.3 is 6.01 Å². The number of halogens is 2. The summed E-state index contributed by atoms with van der Waals surface area (Å²) in [4.78, 5) is 27.7. The van der Waals surface area contributed by atoms with E-state index in [0.717, 1.165) is 30.7 Å². The van der Waals surface area contributed by atoms with Crippen LogP contribution in [0.25, 0.3) is 32.1 Å². The average molecular weight is 618 g/mol. The summed E-state index contributed by atoms with van der Waals surface area (Å²) < 4.78 is 37.7. The van der Waals surface area contributed by atoms with Crippen molar-refractivity contribution in [1.29, 1.82) is 5.26 Å². The molecule has 12 heteroatoms. The molecule has 0 bridgehead atoms. The number of hydrogen-bond acceptors (Lipinski definition) is 9. The highest BCUT2D eigenvalue weighted by Gasteiger charge is 2.37. The van der Waals surface area contributed by atoms with Crippen molar-refractivity contribution in [2.45, 2.75) is 44.3 Å². The molecule has 2 fully saturated rings. The molecule has 2 aliphatic rings. The molecule has 0 radical (unpaired) electrons. The zero-order valence-electron chi connectivity index (χ0n) is 24.8. The number of nitrogens with two attached hydrogens (primary N) is 1. The van der Waals surface area contributed by atoms with E-state index in [4.69, 9.17) is 15.5 Å². The van der Waals surface area contributed by atoms with Crippen LogP contribution in [-0.2, 0) is 4.79 Å². The molecule has 4 aromatic rings. The first-order valence-corrected chi connectivity index (χ1v) is 15.4. The number of rotatable bonds is 7. The van der Waals surface area contributed by atoms with E-state index in [0.29, 0.717) is 36.3 Å². The summed E-state index contributed by atoms with van der Waals surface area (Å²) in [6.45, 7) is 7.49. The predicted octanol–water partition coefficient (Wildman–Crippen LogP) is 5.33. The van der Waals surface area contributed by atoms with Gasteiger partial charge in [-0.2, -0.15) is 15.2 Å². The highest BCUT2D eigenvalue weighted by molar-refractivity contribution is 7.23. The maximum absolute atomic E-state index is 16.7. The molecule has 6 rings (SSSR count). The Balaban J connectivity index is 1.49. The Bertz CT molecular complexity index is 1840. The predicted molar refractivity (Wildman–Crippen MR) is 169 cm³/mol. The van der Waals surface area contributed by atoms with Gasteiger partial charge in [-0.05, 0) is 63.6 Å². The first-order valence-electron chi connectivity index (χ1n) is 14.5. The van der Waals surface area contributed by atoms with E-state index < -0.39 is 11.6 Å². The number of likely N-dealkylation sites (N-methyl/N-ethyl adjacent to an activating group) is 2. The molecule has 2 aliphatic heterocycles. The van der Waals surface area contributed by atoms with E-state index in [-0.39, 0.29) is 61.8 Å². The first kappa shape index (κ1) is 29.7. The number of likely N-dealkylation sites (tertiary alicyclic amines) is 2. The van der Waals surface area contributed by atoms with Gasteiger partial charge in [0.1, 0.15) is 34.8 Å². The Hall–Kier alpha value is -4.34. The monoisotopic (exact) mass is 617 g/mol. The molecule has 228 valence electrons. The summed E-state index contributed by atoms with van der Waals surface area (Å²) in [5.41, 5.74) is 6.69. The number of carbonyl (C=O) groups excluding carboxylic acids is 1. The Kier molecular flexibility index (Phi) is 7.86. The quantitative estimate of drug-likeness (QED) is 0.277. The lowest BCUT2D eigenvalue weighted by Gasteiger charge is -2.32. The second kappa shape index (κ2) is 11.6. The molecule has 2 aromatic carbocycles. The summed E-state index contributed by atoms with van der Waals surface area (Å²) in [6, 6.07) is 8.09. The van der Waals surface area contributed by atoms with E-state index >= 15 is 4.39 Å². The molecule has 2 N–H and O–H groups in total. The maximum atomic E-state index is 16.7. The number of benzene rings is 2. The molecule has 2 aromatic heterocycles. The number of nitriles is 1. The van der Waals surface area contributed by atoms with Crippen molar-refractivity contribution in [2.24, 2.45) is 0 Å². The van der Waals surface area contributed by atoms with Gasteiger partial charge in [0.05, 0.1) is 16.3 Å². The van der Waals surface area contributed by atoms with Crippen LogP contribution in [0.2, 0.25) is 0 Å². The lowest BCUT2D eigenvalue weighted by molar-refractivity contribution is -0.126. The van der Waals surface area contributed by atoms with Crippen LogP contribution in [0, 0.1) is 23.0 Å². The summed E-state index contributed by atoms with van der Waals surface area (Å²) in [6.07, 6.45) is 4.05. The number of nitrogen functional groups attached to an aromatic ring is 1. The number of fused-ring (bicyclic) bond motifs is 2. The van der Waals surface area contributed by atoms with Crippen molar-refractivity contribution in [2.75, 3.05) is 44.4 Å². The first-order chi connectivity index (χ1) is 21.1. The van der Waals surface area contributed by atoms with Gasteiger partial charge in [-0.15, -0.1) is 11.3 Å². The molecule has 3 unspecified atom stereocenters. The molecule has 2 saturated heterocycles. The van der Waals surface area contributed by atoms with Crippen LogP contribution in [0.1, 0.15) is 31.7 Å². The van der Waals surface area contributed by atoms with Crippen LogP contribution < -0.4 is 15.4 Å². The fourth-order valence-corrected chi connectivity index (χ4v) is 7.53. The van der Waals surface area contributed by atoms with E-state index in [1.807, 2.05) is 32.0 Å². The second-order valence-electron chi connectivity index (χ2n) is 11.4. The van der Waals surface area contributed by atoms with Crippen LogP contribution >= 0.6 is 11.3 Å². The fraction of sp³-hybridized carbons (Fsp3) is 0.375. The van der Waals surface area contributed by atoms with Crippen molar-refractivity contribution >= 4 is 49.1 Å². The van der Waals surface area contributed by atoms with Gasteiger partial charge in [-0.1, -0.05) is 18.7 Å². The Labute approximate surface area is 258 Å². The normalized spacial score (nSPS) is 20.4. The van der Waals surface area contributed by atoms with Crippen LogP contribution in [0.3, 0.4) is 0 Å². The number of nitrogens with zero attached hydrogens (tertiary/aromatic N) is 6. The number of amides is 1. The molecule has 44 heavy (non-hydrogen) atoms. The standard InChI is InChI=1S/C32H33F2N7O2S/c1-5-25(42)41-14-12-24(17(41)2)40(4)31-21-9-8-20(19-10-11-23(33)29-26(19)22(15-35)30(36)44-29)27(34)28(21)37-32(38-31)43-16-18-7-6-13-39(18)3/h5,8-11,17-18,24H,1,6-7,12-14,16,36H2,2-4H3. The molecule has 3 atom stereocenters. The fourth-order valence-electron chi connectivity index (χ4n) is 6.58. The minimum absolute atomic E-state index is 0.0398. The molecular formula is C32H33F2N7O2S. The van der Waals surface area contributed by atoms with Crippen LogP contribution in [0.5, 0.6) is 6.01 Å². The third kappa shape index (κ3) is 4.90. The van der Waals surface area contributed by atoms with Gasteiger partial charge in [-0.3, -0.25) is 4.79 Å². The summed E-state index contributed by atoms with van der Waals surface area (Å²) in [5, 5.41) is 10.7. The van der Waals surface area contributed by atoms with Crippen molar-refractivity contribution in [3.8, 4) is 23.2 Å². The molecule has 0 spiro atoms. The topological polar surface area (TPSA) is 112 Å². The SMILES string of the molecule is C=CC(=O)N1CCC(N(C)c2nc(OCC3CCCN3C)nc3c(F)c(-c4ccc(F)c5sc(N)c(C#N)c45)ccc23)C1C. The average Bonchev–Trinajstić information content (AvgIpc) is 3.71. The number of anilines is 2. The molecule has 1 amide bonds. The molecule has 0 aliphatic carbocycles. The van der Waals surface area contributed by atoms with Gasteiger partial charge in [0.2, 0.25) is 5.91 Å². The number of hydrogen-bond donors (Lipinski definition) is 1. The number of ether oxygens (including phenoxy) is 1. The molecular weight excluding hydrogens is 584 g/mol. The minimum atomic E-state index is -0.646. The van der Waals surface area contributed by atoms with Gasteiger partial charge in [0.25, 0.3) is 0 Å². The van der Waals surface area contributed by atoms with E-state index in [9.17, 15) is 14.4 Å².